The number of amides is 2. The van der Waals surface area contributed by atoms with Crippen LogP contribution in [0.3, 0.4) is 0 Å². The number of nitrogens with zero attached hydrogens (tertiary/aromatic N) is 1. The maximum absolute atomic E-state index is 12.4. The van der Waals surface area contributed by atoms with Crippen LogP contribution in [0.25, 0.3) is 0 Å². The summed E-state index contributed by atoms with van der Waals surface area (Å²) in [6.45, 7) is 3.84. The molecular weight excluding hydrogens is 314 g/mol. The summed E-state index contributed by atoms with van der Waals surface area (Å²) in [5.74, 6) is -1.86. The highest BCUT2D eigenvalue weighted by atomic mass is 16.6. The second kappa shape index (κ2) is 7.25. The van der Waals surface area contributed by atoms with Gasteiger partial charge >= 0.3 is 11.9 Å². The zero-order valence-electron chi connectivity index (χ0n) is 13.8. The number of fused-ring (bicyclic) bond motifs is 1. The summed E-state index contributed by atoms with van der Waals surface area (Å²) in [5.41, 5.74) is 0.550. The van der Waals surface area contributed by atoms with E-state index in [0.717, 1.165) is 0 Å². The topological polar surface area (TPSA) is 90.0 Å². The van der Waals surface area contributed by atoms with Crippen LogP contribution in [-0.4, -0.2) is 48.9 Å². The van der Waals surface area contributed by atoms with Crippen molar-refractivity contribution in [3.63, 3.8) is 0 Å². The highest BCUT2D eigenvalue weighted by molar-refractivity contribution is 6.21. The molecule has 0 radical (unpaired) electrons. The fourth-order valence-corrected chi connectivity index (χ4v) is 2.27. The van der Waals surface area contributed by atoms with Crippen LogP contribution in [-0.2, 0) is 14.3 Å². The number of rotatable bonds is 6. The van der Waals surface area contributed by atoms with Gasteiger partial charge in [0, 0.05) is 6.54 Å². The molecule has 0 bridgehead atoms. The van der Waals surface area contributed by atoms with Crippen LogP contribution in [0.5, 0.6) is 0 Å². The molecule has 0 unspecified atom stereocenters. The van der Waals surface area contributed by atoms with Gasteiger partial charge in [0.1, 0.15) is 0 Å². The molecule has 24 heavy (non-hydrogen) atoms. The minimum absolute atomic E-state index is 0.101. The summed E-state index contributed by atoms with van der Waals surface area (Å²) in [4.78, 5) is 48.8. The Labute approximate surface area is 139 Å². The zero-order valence-corrected chi connectivity index (χ0v) is 13.8. The van der Waals surface area contributed by atoms with Crippen molar-refractivity contribution >= 4 is 23.8 Å². The number of imide groups is 1. The molecule has 1 aliphatic rings. The Morgan fingerprint density at radius 2 is 1.79 bits per heavy atom. The lowest BCUT2D eigenvalue weighted by atomic mass is 10.1. The third-order valence-corrected chi connectivity index (χ3v) is 3.69. The van der Waals surface area contributed by atoms with Crippen molar-refractivity contribution in [3.8, 4) is 0 Å². The Hall–Kier alpha value is -2.70. The first-order valence-electron chi connectivity index (χ1n) is 7.59. The Balaban J connectivity index is 2.15. The molecule has 0 N–H and O–H groups in total. The Bertz CT molecular complexity index is 694. The van der Waals surface area contributed by atoms with E-state index in [1.54, 1.807) is 0 Å². The van der Waals surface area contributed by atoms with Gasteiger partial charge in [0.15, 0.2) is 6.61 Å². The van der Waals surface area contributed by atoms with E-state index >= 15 is 0 Å². The van der Waals surface area contributed by atoms with Crippen LogP contribution in [0.2, 0.25) is 0 Å². The Kier molecular flexibility index (Phi) is 5.33. The number of carbonyl (C=O) groups excluding carboxylic acids is 4. The van der Waals surface area contributed by atoms with Gasteiger partial charge < -0.3 is 9.47 Å². The van der Waals surface area contributed by atoms with E-state index in [1.165, 1.54) is 30.2 Å². The lowest BCUT2D eigenvalue weighted by Gasteiger charge is -2.14. The molecule has 1 heterocycles. The van der Waals surface area contributed by atoms with Crippen molar-refractivity contribution in [1.82, 2.24) is 4.90 Å². The summed E-state index contributed by atoms with van der Waals surface area (Å²) < 4.78 is 9.17. The highest BCUT2D eigenvalue weighted by Gasteiger charge is 2.35. The first-order valence-corrected chi connectivity index (χ1v) is 7.59. The predicted molar refractivity (Wildman–Crippen MR) is 83.6 cm³/mol. The first kappa shape index (κ1) is 17.7. The van der Waals surface area contributed by atoms with Crippen LogP contribution >= 0.6 is 0 Å². The predicted octanol–water partition coefficient (Wildman–Crippen LogP) is 1.66. The Morgan fingerprint density at radius 1 is 1.12 bits per heavy atom. The lowest BCUT2D eigenvalue weighted by Crippen LogP contribution is -2.31. The van der Waals surface area contributed by atoms with E-state index in [4.69, 9.17) is 4.74 Å². The Morgan fingerprint density at radius 3 is 2.42 bits per heavy atom. The molecule has 7 nitrogen and oxygen atoms in total. The molecule has 0 saturated carbocycles. The van der Waals surface area contributed by atoms with Crippen LogP contribution < -0.4 is 0 Å². The smallest absolute Gasteiger partial charge is 0.344 e. The van der Waals surface area contributed by atoms with Gasteiger partial charge in [-0.3, -0.25) is 14.5 Å². The summed E-state index contributed by atoms with van der Waals surface area (Å²) in [7, 11) is 1.18. The lowest BCUT2D eigenvalue weighted by molar-refractivity contribution is -0.144. The molecule has 7 heteroatoms. The third-order valence-electron chi connectivity index (χ3n) is 3.69. The molecule has 1 aromatic rings. The number of hydrogen-bond donors (Lipinski definition) is 0. The van der Waals surface area contributed by atoms with E-state index in [0.29, 0.717) is 18.9 Å². The monoisotopic (exact) mass is 333 g/mol. The molecule has 0 saturated heterocycles. The van der Waals surface area contributed by atoms with Gasteiger partial charge in [-0.05, 0) is 30.5 Å². The maximum atomic E-state index is 12.4. The van der Waals surface area contributed by atoms with E-state index < -0.39 is 24.5 Å². The largest absolute Gasteiger partial charge is 0.466 e. The number of hydrogen-bond acceptors (Lipinski definition) is 6. The van der Waals surface area contributed by atoms with Gasteiger partial charge in [0.05, 0.1) is 23.8 Å². The maximum Gasteiger partial charge on any atom is 0.344 e. The molecule has 1 aliphatic heterocycles. The number of esters is 2. The molecule has 2 amide bonds. The average Bonchev–Trinajstić information content (AvgIpc) is 2.80. The number of methoxy groups -OCH3 is 1. The minimum atomic E-state index is -0.760. The third kappa shape index (κ3) is 3.61. The van der Waals surface area contributed by atoms with Gasteiger partial charge in [0.2, 0.25) is 0 Å². The van der Waals surface area contributed by atoms with Crippen LogP contribution in [0.15, 0.2) is 18.2 Å². The second-order valence-electron chi connectivity index (χ2n) is 5.86. The van der Waals surface area contributed by atoms with Crippen LogP contribution in [0, 0.1) is 5.92 Å². The molecule has 1 aromatic carbocycles. The molecule has 0 aliphatic carbocycles. The van der Waals surface area contributed by atoms with Crippen LogP contribution in [0.1, 0.15) is 51.3 Å². The molecular formula is C17H19NO6. The van der Waals surface area contributed by atoms with Crippen molar-refractivity contribution in [2.24, 2.45) is 5.92 Å². The summed E-state index contributed by atoms with van der Waals surface area (Å²) in [5, 5.41) is 0. The van der Waals surface area contributed by atoms with E-state index in [-0.39, 0.29) is 22.6 Å². The minimum Gasteiger partial charge on any atom is -0.466 e. The SMILES string of the molecule is COC(=O)COC(=O)c1ccc2c(c1)C(=O)N(CCC(C)C)C2=O. The number of ether oxygens (including phenoxy) is 2. The van der Waals surface area contributed by atoms with Gasteiger partial charge in [0.25, 0.3) is 11.8 Å². The zero-order chi connectivity index (χ0) is 17.9. The summed E-state index contributed by atoms with van der Waals surface area (Å²) in [6.07, 6.45) is 0.708. The van der Waals surface area contributed by atoms with Gasteiger partial charge in [-0.15, -0.1) is 0 Å². The highest BCUT2D eigenvalue weighted by Crippen LogP contribution is 2.25. The summed E-state index contributed by atoms with van der Waals surface area (Å²) in [6, 6.07) is 4.15. The standard InChI is InChI=1S/C17H19NO6/c1-10(2)6-7-18-15(20)12-5-4-11(8-13(12)16(18)21)17(22)24-9-14(19)23-3/h4-5,8,10H,6-7,9H2,1-3H3. The van der Waals surface area contributed by atoms with E-state index in [1.807, 2.05) is 13.8 Å². The quantitative estimate of drug-likeness (QED) is 0.581. The van der Waals surface area contributed by atoms with Gasteiger partial charge in [-0.1, -0.05) is 13.8 Å². The van der Waals surface area contributed by atoms with Gasteiger partial charge in [-0.25, -0.2) is 9.59 Å². The van der Waals surface area contributed by atoms with E-state index in [9.17, 15) is 19.2 Å². The first-order chi connectivity index (χ1) is 11.3. The number of benzene rings is 1. The van der Waals surface area contributed by atoms with Crippen molar-refractivity contribution in [3.05, 3.63) is 34.9 Å². The molecule has 2 rings (SSSR count). The molecule has 128 valence electrons. The normalized spacial score (nSPS) is 13.2. The molecule has 0 spiro atoms. The van der Waals surface area contributed by atoms with Crippen molar-refractivity contribution in [1.29, 1.82) is 0 Å². The fraction of sp³-hybridized carbons (Fsp3) is 0.412. The fourth-order valence-electron chi connectivity index (χ4n) is 2.27. The number of carbonyl (C=O) groups is 4. The molecule has 0 fully saturated rings. The molecule has 0 aromatic heterocycles. The average molecular weight is 333 g/mol. The molecule has 0 atom stereocenters. The van der Waals surface area contributed by atoms with Crippen molar-refractivity contribution in [2.45, 2.75) is 20.3 Å². The van der Waals surface area contributed by atoms with E-state index in [2.05, 4.69) is 4.74 Å². The second-order valence-corrected chi connectivity index (χ2v) is 5.86. The van der Waals surface area contributed by atoms with Crippen LogP contribution in [0.4, 0.5) is 0 Å². The van der Waals surface area contributed by atoms with Crippen molar-refractivity contribution in [2.75, 3.05) is 20.3 Å². The van der Waals surface area contributed by atoms with Crippen molar-refractivity contribution < 1.29 is 28.7 Å². The summed E-state index contributed by atoms with van der Waals surface area (Å²) >= 11 is 0. The van der Waals surface area contributed by atoms with Gasteiger partial charge in [-0.2, -0.15) is 0 Å².